The van der Waals surface area contributed by atoms with E-state index in [1.165, 1.54) is 0 Å². The van der Waals surface area contributed by atoms with Crippen LogP contribution in [0.2, 0.25) is 0 Å². The molecule has 2 aromatic carbocycles. The summed E-state index contributed by atoms with van der Waals surface area (Å²) in [6, 6.07) is 13.2. The lowest BCUT2D eigenvalue weighted by Crippen LogP contribution is -2.37. The number of carbonyl (C=O) groups is 2. The average Bonchev–Trinajstić information content (AvgIpc) is 2.95. The van der Waals surface area contributed by atoms with Gasteiger partial charge in [0.2, 0.25) is 0 Å². The molecule has 0 bridgehead atoms. The van der Waals surface area contributed by atoms with Gasteiger partial charge in [-0.3, -0.25) is 9.59 Å². The number of aryl methyl sites for hydroxylation is 2. The van der Waals surface area contributed by atoms with Gasteiger partial charge in [0.1, 0.15) is 5.56 Å². The summed E-state index contributed by atoms with van der Waals surface area (Å²) in [5, 5.41) is 14.1. The lowest BCUT2D eigenvalue weighted by molar-refractivity contribution is -0.139. The molecule has 29 heavy (non-hydrogen) atoms. The molecular weight excluding hydrogens is 368 g/mol. The summed E-state index contributed by atoms with van der Waals surface area (Å²) < 4.78 is 0. The largest absolute Gasteiger partial charge is 0.479 e. The molecule has 4 rings (SSSR count). The standard InChI is InChI=1S/C23H22N2O4/c26-21-18(13-16-8-2-1-3-9-19(16)24-21)22(27)25-20(23(28)29)17-11-10-14-6-4-5-7-15(14)12-17/h4-7,10-13,20H,1-3,8-9H2,(H,24,26)(H,25,27)(H,28,29). The minimum Gasteiger partial charge on any atom is -0.479 e. The Morgan fingerprint density at radius 1 is 0.966 bits per heavy atom. The zero-order valence-electron chi connectivity index (χ0n) is 15.9. The van der Waals surface area contributed by atoms with Crippen LogP contribution in [0.25, 0.3) is 10.8 Å². The molecule has 6 heteroatoms. The molecule has 0 saturated carbocycles. The van der Waals surface area contributed by atoms with E-state index in [0.717, 1.165) is 54.1 Å². The second-order valence-corrected chi connectivity index (χ2v) is 7.43. The number of hydrogen-bond acceptors (Lipinski definition) is 3. The van der Waals surface area contributed by atoms with Gasteiger partial charge in [-0.25, -0.2) is 4.79 Å². The van der Waals surface area contributed by atoms with Crippen molar-refractivity contribution in [1.82, 2.24) is 10.3 Å². The number of amides is 1. The minimum absolute atomic E-state index is 0.0438. The zero-order valence-corrected chi connectivity index (χ0v) is 15.9. The molecule has 1 aliphatic rings. The summed E-state index contributed by atoms with van der Waals surface area (Å²) in [7, 11) is 0. The molecule has 3 N–H and O–H groups in total. The van der Waals surface area contributed by atoms with Crippen LogP contribution in [-0.2, 0) is 17.6 Å². The van der Waals surface area contributed by atoms with Crippen molar-refractivity contribution in [3.05, 3.63) is 81.3 Å². The number of H-pyrrole nitrogens is 1. The highest BCUT2D eigenvalue weighted by Crippen LogP contribution is 2.22. The fourth-order valence-electron chi connectivity index (χ4n) is 3.90. The second-order valence-electron chi connectivity index (χ2n) is 7.43. The van der Waals surface area contributed by atoms with Crippen molar-refractivity contribution < 1.29 is 14.7 Å². The maximum Gasteiger partial charge on any atom is 0.330 e. The number of carbonyl (C=O) groups excluding carboxylic acids is 1. The van der Waals surface area contributed by atoms with E-state index in [9.17, 15) is 19.5 Å². The van der Waals surface area contributed by atoms with E-state index in [0.29, 0.717) is 5.56 Å². The summed E-state index contributed by atoms with van der Waals surface area (Å²) in [6.07, 6.45) is 4.70. The predicted molar refractivity (Wildman–Crippen MR) is 110 cm³/mol. The number of aliphatic carboxylic acids is 1. The van der Waals surface area contributed by atoms with Gasteiger partial charge in [-0.05, 0) is 59.7 Å². The molecule has 0 aliphatic heterocycles. The highest BCUT2D eigenvalue weighted by Gasteiger charge is 2.25. The summed E-state index contributed by atoms with van der Waals surface area (Å²) >= 11 is 0. The van der Waals surface area contributed by atoms with E-state index in [4.69, 9.17) is 0 Å². The second kappa shape index (κ2) is 7.91. The van der Waals surface area contributed by atoms with Crippen molar-refractivity contribution >= 4 is 22.6 Å². The van der Waals surface area contributed by atoms with Crippen molar-refractivity contribution in [3.63, 3.8) is 0 Å². The van der Waals surface area contributed by atoms with Gasteiger partial charge in [-0.1, -0.05) is 42.8 Å². The van der Waals surface area contributed by atoms with E-state index in [2.05, 4.69) is 10.3 Å². The summed E-state index contributed by atoms with van der Waals surface area (Å²) in [5.41, 5.74) is 1.78. The number of aromatic amines is 1. The number of nitrogens with one attached hydrogen (secondary N) is 2. The van der Waals surface area contributed by atoms with Gasteiger partial charge < -0.3 is 15.4 Å². The Kier molecular flexibility index (Phi) is 5.16. The number of hydrogen-bond donors (Lipinski definition) is 3. The summed E-state index contributed by atoms with van der Waals surface area (Å²) in [5.74, 6) is -1.86. The quantitative estimate of drug-likeness (QED) is 0.595. The lowest BCUT2D eigenvalue weighted by Gasteiger charge is -2.16. The van der Waals surface area contributed by atoms with Gasteiger partial charge >= 0.3 is 5.97 Å². The Balaban J connectivity index is 1.65. The number of benzene rings is 2. The first-order chi connectivity index (χ1) is 14.0. The van der Waals surface area contributed by atoms with E-state index in [-0.39, 0.29) is 5.56 Å². The third kappa shape index (κ3) is 3.92. The third-order valence-electron chi connectivity index (χ3n) is 5.46. The first-order valence-corrected chi connectivity index (χ1v) is 9.80. The number of rotatable bonds is 4. The molecule has 1 aromatic heterocycles. The van der Waals surface area contributed by atoms with Crippen LogP contribution >= 0.6 is 0 Å². The van der Waals surface area contributed by atoms with E-state index in [1.807, 2.05) is 30.3 Å². The molecule has 1 amide bonds. The van der Waals surface area contributed by atoms with Crippen LogP contribution in [0.4, 0.5) is 0 Å². The summed E-state index contributed by atoms with van der Waals surface area (Å²) in [4.78, 5) is 39.9. The smallest absolute Gasteiger partial charge is 0.330 e. The number of carboxylic acid groups (broad SMARTS) is 1. The molecule has 0 saturated heterocycles. The van der Waals surface area contributed by atoms with Gasteiger partial charge in [-0.2, -0.15) is 0 Å². The van der Waals surface area contributed by atoms with Crippen LogP contribution in [0.15, 0.2) is 53.3 Å². The zero-order chi connectivity index (χ0) is 20.4. The van der Waals surface area contributed by atoms with Gasteiger partial charge in [0.05, 0.1) is 0 Å². The molecule has 6 nitrogen and oxygen atoms in total. The molecule has 1 unspecified atom stereocenters. The van der Waals surface area contributed by atoms with Crippen molar-refractivity contribution in [1.29, 1.82) is 0 Å². The summed E-state index contributed by atoms with van der Waals surface area (Å²) in [6.45, 7) is 0. The Hall–Kier alpha value is -3.41. The average molecular weight is 390 g/mol. The number of carboxylic acids is 1. The first kappa shape index (κ1) is 18.9. The third-order valence-corrected chi connectivity index (χ3v) is 5.46. The van der Waals surface area contributed by atoms with Crippen LogP contribution in [0, 0.1) is 0 Å². The molecule has 148 valence electrons. The highest BCUT2D eigenvalue weighted by atomic mass is 16.4. The maximum absolute atomic E-state index is 12.8. The molecule has 0 fully saturated rings. The lowest BCUT2D eigenvalue weighted by atomic mass is 10.0. The highest BCUT2D eigenvalue weighted by molar-refractivity contribution is 5.97. The number of fused-ring (bicyclic) bond motifs is 2. The Labute approximate surface area is 167 Å². The SMILES string of the molecule is O=C(NC(C(=O)O)c1ccc2ccccc2c1)c1cc2c([nH]c1=O)CCCCC2. The Bertz CT molecular complexity index is 1150. The minimum atomic E-state index is -1.25. The monoisotopic (exact) mass is 390 g/mol. The Morgan fingerprint density at radius 3 is 2.52 bits per heavy atom. The molecule has 1 heterocycles. The van der Waals surface area contributed by atoms with E-state index in [1.54, 1.807) is 18.2 Å². The molecule has 1 aliphatic carbocycles. The van der Waals surface area contributed by atoms with Crippen molar-refractivity contribution in [2.75, 3.05) is 0 Å². The molecule has 0 spiro atoms. The van der Waals surface area contributed by atoms with E-state index >= 15 is 0 Å². The van der Waals surface area contributed by atoms with Crippen LogP contribution in [0.1, 0.15) is 52.5 Å². The fraction of sp³-hybridized carbons (Fsp3) is 0.261. The topological polar surface area (TPSA) is 99.3 Å². The predicted octanol–water partition coefficient (Wildman–Crippen LogP) is 3.35. The molecule has 1 atom stereocenters. The van der Waals surface area contributed by atoms with Gasteiger partial charge in [0.25, 0.3) is 11.5 Å². The maximum atomic E-state index is 12.8. The van der Waals surface area contributed by atoms with Crippen molar-refractivity contribution in [2.24, 2.45) is 0 Å². The van der Waals surface area contributed by atoms with Gasteiger partial charge in [-0.15, -0.1) is 0 Å². The number of aromatic nitrogens is 1. The van der Waals surface area contributed by atoms with Crippen LogP contribution in [-0.4, -0.2) is 22.0 Å². The van der Waals surface area contributed by atoms with Crippen LogP contribution < -0.4 is 10.9 Å². The van der Waals surface area contributed by atoms with Crippen molar-refractivity contribution in [3.8, 4) is 0 Å². The Morgan fingerprint density at radius 2 is 1.72 bits per heavy atom. The van der Waals surface area contributed by atoms with Crippen molar-refractivity contribution in [2.45, 2.75) is 38.1 Å². The van der Waals surface area contributed by atoms with Crippen LogP contribution in [0.3, 0.4) is 0 Å². The molecular formula is C23H22N2O4. The first-order valence-electron chi connectivity index (χ1n) is 9.80. The van der Waals surface area contributed by atoms with Crippen LogP contribution in [0.5, 0.6) is 0 Å². The normalized spacial score (nSPS) is 14.6. The van der Waals surface area contributed by atoms with Gasteiger partial charge in [0, 0.05) is 5.69 Å². The number of pyridine rings is 1. The van der Waals surface area contributed by atoms with Gasteiger partial charge in [0.15, 0.2) is 6.04 Å². The molecule has 3 aromatic rings. The molecule has 0 radical (unpaired) electrons. The fourth-order valence-corrected chi connectivity index (χ4v) is 3.90. The van der Waals surface area contributed by atoms with E-state index < -0.39 is 23.5 Å².